The zero-order valence-corrected chi connectivity index (χ0v) is 13.3. The molecule has 0 saturated carbocycles. The Kier molecular flexibility index (Phi) is 3.81. The molecule has 1 aliphatic rings. The fourth-order valence-corrected chi connectivity index (χ4v) is 3.08. The van der Waals surface area contributed by atoms with E-state index in [1.165, 1.54) is 11.6 Å². The van der Waals surface area contributed by atoms with Crippen molar-refractivity contribution >= 4 is 21.8 Å². The molecule has 0 atom stereocenters. The highest BCUT2D eigenvalue weighted by atomic mass is 79.9. The van der Waals surface area contributed by atoms with Crippen LogP contribution in [0.3, 0.4) is 0 Å². The molecular weight excluding hydrogens is 333 g/mol. The Hall–Kier alpha value is -1.68. The van der Waals surface area contributed by atoms with Crippen molar-refractivity contribution in [3.05, 3.63) is 68.9 Å². The molecule has 0 bridgehead atoms. The Morgan fingerprint density at radius 3 is 2.81 bits per heavy atom. The molecule has 21 heavy (non-hydrogen) atoms. The van der Waals surface area contributed by atoms with E-state index in [1.807, 2.05) is 19.1 Å². The second kappa shape index (κ2) is 5.60. The molecule has 4 heteroatoms. The van der Waals surface area contributed by atoms with Crippen LogP contribution in [-0.4, -0.2) is 17.4 Å². The van der Waals surface area contributed by atoms with Gasteiger partial charge in [0.2, 0.25) is 0 Å². The lowest BCUT2D eigenvalue weighted by molar-refractivity contribution is 0.0730. The molecule has 1 heterocycles. The molecular formula is C17H15BrFNO. The molecule has 108 valence electrons. The maximum atomic E-state index is 13.9. The Bertz CT molecular complexity index is 714. The van der Waals surface area contributed by atoms with Crippen molar-refractivity contribution < 1.29 is 9.18 Å². The predicted octanol–water partition coefficient (Wildman–Crippen LogP) is 4.10. The minimum Gasteiger partial charge on any atom is -0.334 e. The van der Waals surface area contributed by atoms with Crippen molar-refractivity contribution in [2.45, 2.75) is 19.9 Å². The van der Waals surface area contributed by atoms with Crippen LogP contribution in [-0.2, 0) is 13.0 Å². The summed E-state index contributed by atoms with van der Waals surface area (Å²) >= 11 is 3.45. The lowest BCUT2D eigenvalue weighted by Gasteiger charge is -2.29. The van der Waals surface area contributed by atoms with Crippen LogP contribution in [0.25, 0.3) is 0 Å². The van der Waals surface area contributed by atoms with Gasteiger partial charge in [0.05, 0.1) is 5.56 Å². The summed E-state index contributed by atoms with van der Waals surface area (Å²) in [5, 5.41) is 0. The van der Waals surface area contributed by atoms with Gasteiger partial charge < -0.3 is 4.90 Å². The van der Waals surface area contributed by atoms with Crippen LogP contribution in [0.5, 0.6) is 0 Å². The van der Waals surface area contributed by atoms with Crippen LogP contribution in [0.15, 0.2) is 40.9 Å². The zero-order chi connectivity index (χ0) is 15.0. The van der Waals surface area contributed by atoms with Crippen LogP contribution in [0.1, 0.15) is 27.0 Å². The van der Waals surface area contributed by atoms with E-state index >= 15 is 0 Å². The molecule has 0 aliphatic carbocycles. The third-order valence-electron chi connectivity index (χ3n) is 3.82. The summed E-state index contributed by atoms with van der Waals surface area (Å²) in [4.78, 5) is 14.3. The van der Waals surface area contributed by atoms with Crippen molar-refractivity contribution in [2.24, 2.45) is 0 Å². The number of rotatable bonds is 1. The molecule has 0 N–H and O–H groups in total. The smallest absolute Gasteiger partial charge is 0.257 e. The largest absolute Gasteiger partial charge is 0.334 e. The van der Waals surface area contributed by atoms with Crippen molar-refractivity contribution in [2.75, 3.05) is 6.54 Å². The van der Waals surface area contributed by atoms with Gasteiger partial charge in [-0.1, -0.05) is 33.6 Å². The minimum atomic E-state index is -0.453. The van der Waals surface area contributed by atoms with Gasteiger partial charge >= 0.3 is 0 Å². The van der Waals surface area contributed by atoms with Crippen molar-refractivity contribution in [1.29, 1.82) is 0 Å². The number of halogens is 2. The monoisotopic (exact) mass is 347 g/mol. The summed E-state index contributed by atoms with van der Waals surface area (Å²) in [7, 11) is 0. The van der Waals surface area contributed by atoms with E-state index in [1.54, 1.807) is 17.0 Å². The quantitative estimate of drug-likeness (QED) is 0.760. The van der Waals surface area contributed by atoms with Crippen LogP contribution in [0.2, 0.25) is 0 Å². The van der Waals surface area contributed by atoms with E-state index in [4.69, 9.17) is 0 Å². The average Bonchev–Trinajstić information content (AvgIpc) is 2.48. The normalized spacial score (nSPS) is 14.0. The lowest BCUT2D eigenvalue weighted by Crippen LogP contribution is -2.36. The molecule has 0 aromatic heterocycles. The summed E-state index contributed by atoms with van der Waals surface area (Å²) in [6.45, 7) is 3.01. The highest BCUT2D eigenvalue weighted by molar-refractivity contribution is 9.10. The van der Waals surface area contributed by atoms with Gasteiger partial charge in [-0.2, -0.15) is 0 Å². The van der Waals surface area contributed by atoms with Gasteiger partial charge in [0, 0.05) is 17.6 Å². The van der Waals surface area contributed by atoms with Gasteiger partial charge in [-0.15, -0.1) is 0 Å². The molecule has 0 spiro atoms. The number of carbonyl (C=O) groups is 1. The molecule has 1 amide bonds. The summed E-state index contributed by atoms with van der Waals surface area (Å²) in [6, 6.07) is 10.8. The SMILES string of the molecule is Cc1ccc(F)c(C(=O)N2CCc3ccc(Br)cc3C2)c1. The molecule has 2 nitrogen and oxygen atoms in total. The van der Waals surface area contributed by atoms with Gasteiger partial charge in [-0.05, 0) is 48.7 Å². The van der Waals surface area contributed by atoms with E-state index in [-0.39, 0.29) is 11.5 Å². The number of nitrogens with zero attached hydrogens (tertiary/aromatic N) is 1. The van der Waals surface area contributed by atoms with E-state index in [2.05, 4.69) is 22.0 Å². The van der Waals surface area contributed by atoms with E-state index in [0.29, 0.717) is 13.1 Å². The first-order valence-electron chi connectivity index (χ1n) is 6.87. The fraction of sp³-hybridized carbons (Fsp3) is 0.235. The summed E-state index contributed by atoms with van der Waals surface area (Å²) in [5.74, 6) is -0.688. The van der Waals surface area contributed by atoms with Crippen LogP contribution < -0.4 is 0 Å². The van der Waals surface area contributed by atoms with Crippen molar-refractivity contribution in [3.63, 3.8) is 0 Å². The molecule has 1 aliphatic heterocycles. The first kappa shape index (κ1) is 14.3. The van der Waals surface area contributed by atoms with Gasteiger partial charge in [-0.25, -0.2) is 4.39 Å². The standard InChI is InChI=1S/C17H15BrFNO/c1-11-2-5-16(19)15(8-11)17(21)20-7-6-12-3-4-14(18)9-13(12)10-20/h2-5,8-9H,6-7,10H2,1H3. The Labute approximate surface area is 131 Å². The maximum absolute atomic E-state index is 13.9. The van der Waals surface area contributed by atoms with E-state index in [9.17, 15) is 9.18 Å². The van der Waals surface area contributed by atoms with Gasteiger partial charge in [0.15, 0.2) is 0 Å². The Morgan fingerprint density at radius 1 is 1.19 bits per heavy atom. The third-order valence-corrected chi connectivity index (χ3v) is 4.31. The highest BCUT2D eigenvalue weighted by Gasteiger charge is 2.23. The second-order valence-electron chi connectivity index (χ2n) is 5.37. The van der Waals surface area contributed by atoms with Crippen LogP contribution >= 0.6 is 15.9 Å². The van der Waals surface area contributed by atoms with E-state index < -0.39 is 5.82 Å². The molecule has 0 unspecified atom stereocenters. The van der Waals surface area contributed by atoms with Crippen LogP contribution in [0.4, 0.5) is 4.39 Å². The van der Waals surface area contributed by atoms with Gasteiger partial charge in [0.1, 0.15) is 5.82 Å². The van der Waals surface area contributed by atoms with Crippen molar-refractivity contribution in [3.8, 4) is 0 Å². The lowest BCUT2D eigenvalue weighted by atomic mass is 9.99. The number of fused-ring (bicyclic) bond motifs is 1. The zero-order valence-electron chi connectivity index (χ0n) is 11.7. The number of amides is 1. The summed E-state index contributed by atoms with van der Waals surface area (Å²) < 4.78 is 14.9. The number of hydrogen-bond donors (Lipinski definition) is 0. The van der Waals surface area contributed by atoms with Crippen molar-refractivity contribution in [1.82, 2.24) is 4.90 Å². The van der Waals surface area contributed by atoms with Gasteiger partial charge in [-0.3, -0.25) is 4.79 Å². The first-order chi connectivity index (χ1) is 10.0. The Morgan fingerprint density at radius 2 is 2.00 bits per heavy atom. The molecule has 2 aromatic carbocycles. The highest BCUT2D eigenvalue weighted by Crippen LogP contribution is 2.24. The molecule has 0 radical (unpaired) electrons. The molecule has 0 saturated heterocycles. The fourth-order valence-electron chi connectivity index (χ4n) is 2.67. The average molecular weight is 348 g/mol. The third kappa shape index (κ3) is 2.86. The molecule has 2 aromatic rings. The first-order valence-corrected chi connectivity index (χ1v) is 7.66. The number of benzene rings is 2. The topological polar surface area (TPSA) is 20.3 Å². The van der Waals surface area contributed by atoms with Gasteiger partial charge in [0.25, 0.3) is 5.91 Å². The summed E-state index contributed by atoms with van der Waals surface area (Å²) in [5.41, 5.74) is 3.43. The number of hydrogen-bond acceptors (Lipinski definition) is 1. The Balaban J connectivity index is 1.88. The molecule has 3 rings (SSSR count). The van der Waals surface area contributed by atoms with Crippen LogP contribution in [0, 0.1) is 12.7 Å². The minimum absolute atomic E-state index is 0.161. The predicted molar refractivity (Wildman–Crippen MR) is 83.7 cm³/mol. The maximum Gasteiger partial charge on any atom is 0.257 e. The summed E-state index contributed by atoms with van der Waals surface area (Å²) in [6.07, 6.45) is 0.807. The number of aryl methyl sites for hydroxylation is 1. The molecule has 0 fully saturated rings. The van der Waals surface area contributed by atoms with E-state index in [0.717, 1.165) is 22.0 Å². The number of carbonyl (C=O) groups excluding carboxylic acids is 1. The second-order valence-corrected chi connectivity index (χ2v) is 6.29.